The van der Waals surface area contributed by atoms with Gasteiger partial charge in [0.2, 0.25) is 0 Å². The smallest absolute Gasteiger partial charge is 0.273 e. The Balaban J connectivity index is 0. The van der Waals surface area contributed by atoms with Gasteiger partial charge in [-0.2, -0.15) is 12.7 Å². The second kappa shape index (κ2) is 7.70. The molecular weight excluding hydrogens is 249 g/mol. The van der Waals surface area contributed by atoms with Crippen LogP contribution in [-0.4, -0.2) is 29.3 Å². The Hall–Kier alpha value is 0.450. The van der Waals surface area contributed by atoms with E-state index in [1.807, 2.05) is 6.92 Å². The van der Waals surface area contributed by atoms with Crippen LogP contribution >= 0.6 is 24.0 Å². The van der Waals surface area contributed by atoms with Crippen molar-refractivity contribution in [2.24, 2.45) is 0 Å². The van der Waals surface area contributed by atoms with E-state index < -0.39 is 15.8 Å². The van der Waals surface area contributed by atoms with Crippen molar-refractivity contribution in [1.29, 1.82) is 0 Å². The average molecular weight is 266 g/mol. The molecule has 0 saturated carbocycles. The third-order valence-corrected chi connectivity index (χ3v) is 3.12. The summed E-state index contributed by atoms with van der Waals surface area (Å²) in [5.41, 5.74) is -0.702. The van der Waals surface area contributed by atoms with Gasteiger partial charge in [0.25, 0.3) is 0 Å². The van der Waals surface area contributed by atoms with Gasteiger partial charge in [0.05, 0.1) is 5.50 Å². The summed E-state index contributed by atoms with van der Waals surface area (Å²) in [6.45, 7) is 3.81. The third kappa shape index (κ3) is 6.84. The lowest BCUT2D eigenvalue weighted by Gasteiger charge is -2.20. The van der Waals surface area contributed by atoms with Crippen LogP contribution in [0.15, 0.2) is 0 Å². The zero-order valence-electron chi connectivity index (χ0n) is 8.31. The van der Waals surface area contributed by atoms with Gasteiger partial charge in [0.1, 0.15) is 0 Å². The molecule has 0 radical (unpaired) electrons. The van der Waals surface area contributed by atoms with Crippen molar-refractivity contribution in [2.45, 2.75) is 38.6 Å². The monoisotopic (exact) mass is 265 g/mol. The van der Waals surface area contributed by atoms with Gasteiger partial charge in [-0.15, -0.1) is 24.0 Å². The van der Waals surface area contributed by atoms with Crippen LogP contribution in [0.3, 0.4) is 0 Å². The molecule has 0 amide bonds. The summed E-state index contributed by atoms with van der Waals surface area (Å²) >= 11 is 5.59. The minimum Gasteiger partial charge on any atom is -0.273 e. The van der Waals surface area contributed by atoms with Crippen LogP contribution in [0.2, 0.25) is 0 Å². The zero-order chi connectivity index (χ0) is 10.5. The highest BCUT2D eigenvalue weighted by Crippen LogP contribution is 2.10. The maximum atomic E-state index is 10.8. The van der Waals surface area contributed by atoms with E-state index in [1.54, 1.807) is 0 Å². The number of hydrogen-bond acceptors (Lipinski definition) is 2. The van der Waals surface area contributed by atoms with Gasteiger partial charge in [0, 0.05) is 6.54 Å². The van der Waals surface area contributed by atoms with Crippen molar-refractivity contribution in [3.05, 3.63) is 0 Å². The molecule has 1 N–H and O–H groups in total. The van der Waals surface area contributed by atoms with Gasteiger partial charge in [-0.3, -0.25) is 4.55 Å². The molecule has 0 spiro atoms. The van der Waals surface area contributed by atoms with Crippen LogP contribution in [0.4, 0.5) is 0 Å². The lowest BCUT2D eigenvalue weighted by Crippen LogP contribution is -2.35. The van der Waals surface area contributed by atoms with Gasteiger partial charge in [-0.25, -0.2) is 0 Å². The van der Waals surface area contributed by atoms with E-state index in [1.165, 1.54) is 6.92 Å². The summed E-state index contributed by atoms with van der Waals surface area (Å²) in [5.74, 6) is 0. The molecule has 0 aliphatic carbocycles. The molecule has 4 nitrogen and oxygen atoms in total. The highest BCUT2D eigenvalue weighted by Gasteiger charge is 2.22. The number of rotatable bonds is 6. The first-order valence-electron chi connectivity index (χ1n) is 4.28. The van der Waals surface area contributed by atoms with E-state index in [-0.39, 0.29) is 19.0 Å². The summed E-state index contributed by atoms with van der Waals surface area (Å²) in [4.78, 5) is 0. The predicted molar refractivity (Wildman–Crippen MR) is 60.3 cm³/mol. The molecule has 7 heteroatoms. The van der Waals surface area contributed by atoms with Gasteiger partial charge in [0.15, 0.2) is 0 Å². The Kier molecular flexibility index (Phi) is 9.28. The first-order chi connectivity index (χ1) is 5.89. The molecular formula is C7H17Cl2NO3S. The van der Waals surface area contributed by atoms with Crippen LogP contribution in [0.1, 0.15) is 33.1 Å². The number of alkyl halides is 1. The van der Waals surface area contributed by atoms with E-state index in [4.69, 9.17) is 16.2 Å². The summed E-state index contributed by atoms with van der Waals surface area (Å²) in [7, 11) is -4.14. The van der Waals surface area contributed by atoms with Gasteiger partial charge in [-0.05, 0) is 13.3 Å². The molecule has 0 aliphatic heterocycles. The molecule has 0 bridgehead atoms. The Morgan fingerprint density at radius 3 is 2.21 bits per heavy atom. The second-order valence-corrected chi connectivity index (χ2v) is 4.87. The fraction of sp³-hybridized carbons (Fsp3) is 1.00. The molecule has 0 aliphatic rings. The van der Waals surface area contributed by atoms with E-state index in [0.29, 0.717) is 6.42 Å². The molecule has 0 aromatic rings. The fourth-order valence-electron chi connectivity index (χ4n) is 0.994. The standard InChI is InChI=1S/C7H16ClNO3S.ClH/c1-3-4-5-6-9(7(2)8)13(10,11)12;/h7H,3-6H2,1-2H3,(H,10,11,12);1H. The van der Waals surface area contributed by atoms with Crippen LogP contribution in [-0.2, 0) is 10.3 Å². The molecule has 88 valence electrons. The van der Waals surface area contributed by atoms with E-state index in [2.05, 4.69) is 0 Å². The first-order valence-corrected chi connectivity index (χ1v) is 6.11. The highest BCUT2D eigenvalue weighted by molar-refractivity contribution is 7.83. The molecule has 0 aromatic heterocycles. The Morgan fingerprint density at radius 1 is 1.43 bits per heavy atom. The van der Waals surface area contributed by atoms with E-state index in [0.717, 1.165) is 17.1 Å². The van der Waals surface area contributed by atoms with Crippen molar-refractivity contribution >= 4 is 34.3 Å². The topological polar surface area (TPSA) is 57.6 Å². The zero-order valence-corrected chi connectivity index (χ0v) is 10.7. The molecule has 14 heavy (non-hydrogen) atoms. The molecule has 0 aromatic carbocycles. The maximum Gasteiger partial charge on any atom is 0.337 e. The minimum atomic E-state index is -4.14. The van der Waals surface area contributed by atoms with Crippen molar-refractivity contribution in [2.75, 3.05) is 6.54 Å². The molecule has 1 atom stereocenters. The molecule has 1 unspecified atom stereocenters. The molecule has 0 fully saturated rings. The number of unbranched alkanes of at least 4 members (excludes halogenated alkanes) is 2. The maximum absolute atomic E-state index is 10.8. The lowest BCUT2D eigenvalue weighted by atomic mass is 10.2. The summed E-state index contributed by atoms with van der Waals surface area (Å²) < 4.78 is 31.2. The van der Waals surface area contributed by atoms with Crippen molar-refractivity contribution in [3.8, 4) is 0 Å². The summed E-state index contributed by atoms with van der Waals surface area (Å²) in [6.07, 6.45) is 2.64. The predicted octanol–water partition coefficient (Wildman–Crippen LogP) is 2.29. The van der Waals surface area contributed by atoms with E-state index >= 15 is 0 Å². The molecule has 0 rings (SSSR count). The first kappa shape index (κ1) is 16.9. The third-order valence-electron chi connectivity index (χ3n) is 1.68. The highest BCUT2D eigenvalue weighted by atomic mass is 35.5. The van der Waals surface area contributed by atoms with Crippen LogP contribution in [0.25, 0.3) is 0 Å². The Bertz CT molecular complexity index is 231. The Labute approximate surface area is 96.9 Å². The van der Waals surface area contributed by atoms with Crippen molar-refractivity contribution in [1.82, 2.24) is 4.31 Å². The average Bonchev–Trinajstić information content (AvgIpc) is 1.94. The molecule has 0 saturated heterocycles. The van der Waals surface area contributed by atoms with E-state index in [9.17, 15) is 8.42 Å². The fourth-order valence-corrected chi connectivity index (χ4v) is 2.12. The van der Waals surface area contributed by atoms with Crippen molar-refractivity contribution < 1.29 is 13.0 Å². The van der Waals surface area contributed by atoms with Gasteiger partial charge in [-0.1, -0.05) is 19.8 Å². The normalized spacial score (nSPS) is 13.8. The second-order valence-electron chi connectivity index (χ2n) is 2.87. The summed E-state index contributed by atoms with van der Waals surface area (Å²) in [5, 5.41) is 0. The number of hydrogen-bond donors (Lipinski definition) is 1. The number of nitrogens with zero attached hydrogens (tertiary/aromatic N) is 1. The van der Waals surface area contributed by atoms with Crippen LogP contribution in [0, 0.1) is 0 Å². The van der Waals surface area contributed by atoms with Crippen LogP contribution < -0.4 is 0 Å². The number of halogens is 2. The minimum absolute atomic E-state index is 0. The van der Waals surface area contributed by atoms with Crippen LogP contribution in [0.5, 0.6) is 0 Å². The van der Waals surface area contributed by atoms with Gasteiger partial charge >= 0.3 is 10.3 Å². The SMILES string of the molecule is CCCCCN(C(C)Cl)S(=O)(=O)O.Cl. The summed E-state index contributed by atoms with van der Waals surface area (Å²) in [6, 6.07) is 0. The lowest BCUT2D eigenvalue weighted by molar-refractivity contribution is 0.337. The molecule has 0 heterocycles. The van der Waals surface area contributed by atoms with Gasteiger partial charge < -0.3 is 0 Å². The quantitative estimate of drug-likeness (QED) is 0.347. The Morgan fingerprint density at radius 2 is 1.93 bits per heavy atom. The van der Waals surface area contributed by atoms with Crippen molar-refractivity contribution in [3.63, 3.8) is 0 Å². The largest absolute Gasteiger partial charge is 0.337 e.